The Bertz CT molecular complexity index is 825. The van der Waals surface area contributed by atoms with E-state index in [-0.39, 0.29) is 6.03 Å². The van der Waals surface area contributed by atoms with Gasteiger partial charge in [0, 0.05) is 36.7 Å². The van der Waals surface area contributed by atoms with Crippen molar-refractivity contribution in [1.82, 2.24) is 10.2 Å². The van der Waals surface area contributed by atoms with E-state index in [0.717, 1.165) is 48.0 Å². The highest BCUT2D eigenvalue weighted by Crippen LogP contribution is 2.30. The lowest BCUT2D eigenvalue weighted by molar-refractivity contribution is 0.198. The van der Waals surface area contributed by atoms with E-state index in [0.29, 0.717) is 13.1 Å². The van der Waals surface area contributed by atoms with Crippen LogP contribution < -0.4 is 14.8 Å². The highest BCUT2D eigenvalue weighted by atomic mass is 32.2. The average Bonchev–Trinajstić information content (AvgIpc) is 3.03. The molecule has 0 aliphatic carbocycles. The molecule has 4 rings (SSSR count). The molecule has 0 saturated heterocycles. The molecule has 0 aromatic heterocycles. The van der Waals surface area contributed by atoms with Crippen LogP contribution in [0.2, 0.25) is 0 Å². The van der Waals surface area contributed by atoms with Crippen molar-refractivity contribution >= 4 is 17.8 Å². The Morgan fingerprint density at radius 2 is 2.19 bits per heavy atom. The van der Waals surface area contributed by atoms with E-state index in [4.69, 9.17) is 9.47 Å². The number of hydrogen-bond acceptors (Lipinski definition) is 4. The molecule has 136 valence electrons. The van der Waals surface area contributed by atoms with Crippen LogP contribution in [-0.4, -0.2) is 36.9 Å². The summed E-state index contributed by atoms with van der Waals surface area (Å²) in [5.41, 5.74) is 3.47. The lowest BCUT2D eigenvalue weighted by Gasteiger charge is -2.21. The zero-order valence-corrected chi connectivity index (χ0v) is 15.6. The number of urea groups is 1. The third-order valence-electron chi connectivity index (χ3n) is 4.73. The maximum absolute atomic E-state index is 12.7. The van der Waals surface area contributed by atoms with Crippen LogP contribution >= 0.6 is 11.8 Å². The molecule has 26 heavy (non-hydrogen) atoms. The summed E-state index contributed by atoms with van der Waals surface area (Å²) in [6.07, 6.45) is 0.944. The number of nitrogens with zero attached hydrogens (tertiary/aromatic N) is 1. The number of amides is 2. The molecule has 1 N–H and O–H groups in total. The Morgan fingerprint density at radius 1 is 1.27 bits per heavy atom. The molecular weight excluding hydrogens is 348 g/mol. The first-order valence-electron chi connectivity index (χ1n) is 8.80. The van der Waals surface area contributed by atoms with E-state index in [1.807, 2.05) is 29.2 Å². The van der Waals surface area contributed by atoms with E-state index in [2.05, 4.69) is 17.4 Å². The fourth-order valence-corrected chi connectivity index (χ4v) is 4.32. The first-order chi connectivity index (χ1) is 12.7. The zero-order chi connectivity index (χ0) is 17.9. The predicted octanol–water partition coefficient (Wildman–Crippen LogP) is 3.45. The molecule has 2 aromatic carbocycles. The summed E-state index contributed by atoms with van der Waals surface area (Å²) >= 11 is 1.79. The van der Waals surface area contributed by atoms with Gasteiger partial charge in [0.1, 0.15) is 11.5 Å². The minimum atomic E-state index is -0.0296. The number of methoxy groups -OCH3 is 1. The minimum Gasteiger partial charge on any atom is -0.497 e. The van der Waals surface area contributed by atoms with Crippen LogP contribution in [0.4, 0.5) is 4.79 Å². The molecule has 0 spiro atoms. The minimum absolute atomic E-state index is 0.0296. The highest BCUT2D eigenvalue weighted by Gasteiger charge is 2.20. The Hall–Kier alpha value is -2.34. The van der Waals surface area contributed by atoms with Gasteiger partial charge in [0.25, 0.3) is 0 Å². The number of thioether (sulfide) groups is 1. The van der Waals surface area contributed by atoms with Crippen LogP contribution in [0.25, 0.3) is 0 Å². The lowest BCUT2D eigenvalue weighted by Crippen LogP contribution is -2.39. The summed E-state index contributed by atoms with van der Waals surface area (Å²) in [7, 11) is 1.66. The topological polar surface area (TPSA) is 50.8 Å². The van der Waals surface area contributed by atoms with E-state index in [1.165, 1.54) is 10.5 Å². The number of carbonyl (C=O) groups is 1. The fourth-order valence-electron chi connectivity index (χ4n) is 3.31. The third kappa shape index (κ3) is 3.60. The molecule has 6 heteroatoms. The molecule has 2 heterocycles. The Kier molecular flexibility index (Phi) is 4.93. The second kappa shape index (κ2) is 7.50. The molecule has 2 aliphatic rings. The van der Waals surface area contributed by atoms with Gasteiger partial charge in [-0.3, -0.25) is 0 Å². The Morgan fingerprint density at radius 3 is 3.08 bits per heavy atom. The van der Waals surface area contributed by atoms with E-state index in [9.17, 15) is 4.79 Å². The van der Waals surface area contributed by atoms with Crippen molar-refractivity contribution in [1.29, 1.82) is 0 Å². The maximum atomic E-state index is 12.7. The summed E-state index contributed by atoms with van der Waals surface area (Å²) in [6, 6.07) is 12.2. The van der Waals surface area contributed by atoms with E-state index in [1.54, 1.807) is 18.9 Å². The highest BCUT2D eigenvalue weighted by molar-refractivity contribution is 7.99. The largest absolute Gasteiger partial charge is 0.497 e. The number of rotatable bonds is 3. The van der Waals surface area contributed by atoms with Gasteiger partial charge in [0.05, 0.1) is 13.7 Å². The van der Waals surface area contributed by atoms with Crippen molar-refractivity contribution in [3.63, 3.8) is 0 Å². The van der Waals surface area contributed by atoms with Crippen LogP contribution in [0.15, 0.2) is 41.3 Å². The van der Waals surface area contributed by atoms with Crippen molar-refractivity contribution in [3.8, 4) is 11.5 Å². The summed E-state index contributed by atoms with van der Waals surface area (Å²) in [6.45, 7) is 2.61. The Balaban J connectivity index is 1.41. The van der Waals surface area contributed by atoms with Crippen LogP contribution in [0.1, 0.15) is 16.7 Å². The van der Waals surface area contributed by atoms with Gasteiger partial charge in [-0.05, 0) is 41.0 Å². The first kappa shape index (κ1) is 17.1. The maximum Gasteiger partial charge on any atom is 0.317 e. The summed E-state index contributed by atoms with van der Waals surface area (Å²) < 4.78 is 10.9. The summed E-state index contributed by atoms with van der Waals surface area (Å²) in [5.74, 6) is 2.69. The van der Waals surface area contributed by atoms with Crippen LogP contribution in [0.5, 0.6) is 11.5 Å². The number of nitrogens with one attached hydrogen (secondary N) is 1. The molecule has 0 radical (unpaired) electrons. The number of benzene rings is 2. The van der Waals surface area contributed by atoms with E-state index < -0.39 is 0 Å². The summed E-state index contributed by atoms with van der Waals surface area (Å²) in [5, 5.41) is 3.05. The van der Waals surface area contributed by atoms with Gasteiger partial charge >= 0.3 is 6.03 Å². The lowest BCUT2D eigenvalue weighted by atomic mass is 10.1. The average molecular weight is 370 g/mol. The van der Waals surface area contributed by atoms with Gasteiger partial charge in [-0.15, -0.1) is 11.8 Å². The predicted molar refractivity (Wildman–Crippen MR) is 102 cm³/mol. The third-order valence-corrected chi connectivity index (χ3v) is 5.83. The fraction of sp³-hybridized carbons (Fsp3) is 0.350. The number of hydrogen-bond donors (Lipinski definition) is 1. The standard InChI is InChI=1S/C20H22N2O3S/c1-24-17-3-5-19-16(11-17)13-22(7-9-26-19)20(23)21-12-14-2-4-18-15(10-14)6-8-25-18/h2-5,10-11H,6-9,12-13H2,1H3,(H,21,23). The van der Waals surface area contributed by atoms with Gasteiger partial charge < -0.3 is 19.7 Å². The van der Waals surface area contributed by atoms with Crippen molar-refractivity contribution in [2.24, 2.45) is 0 Å². The SMILES string of the molecule is COc1ccc2c(c1)CN(C(=O)NCc1ccc3c(c1)CCO3)CCS2. The first-order valence-corrected chi connectivity index (χ1v) is 9.78. The van der Waals surface area contributed by atoms with Crippen molar-refractivity contribution in [2.75, 3.05) is 26.0 Å². The van der Waals surface area contributed by atoms with Gasteiger partial charge in [0.2, 0.25) is 0 Å². The second-order valence-electron chi connectivity index (χ2n) is 6.44. The van der Waals surface area contributed by atoms with Crippen molar-refractivity contribution < 1.29 is 14.3 Å². The molecule has 2 amide bonds. The monoisotopic (exact) mass is 370 g/mol. The molecule has 0 bridgehead atoms. The van der Waals surface area contributed by atoms with Gasteiger partial charge in [-0.25, -0.2) is 4.79 Å². The van der Waals surface area contributed by atoms with E-state index >= 15 is 0 Å². The molecular formula is C20H22N2O3S. The normalized spacial score (nSPS) is 15.5. The van der Waals surface area contributed by atoms with Crippen molar-refractivity contribution in [3.05, 3.63) is 53.1 Å². The smallest absolute Gasteiger partial charge is 0.317 e. The number of ether oxygens (including phenoxy) is 2. The molecule has 5 nitrogen and oxygen atoms in total. The van der Waals surface area contributed by atoms with Gasteiger partial charge in [-0.1, -0.05) is 12.1 Å². The van der Waals surface area contributed by atoms with Gasteiger partial charge in [0.15, 0.2) is 0 Å². The van der Waals surface area contributed by atoms with Crippen molar-refractivity contribution in [2.45, 2.75) is 24.4 Å². The zero-order valence-electron chi connectivity index (χ0n) is 14.8. The Labute approximate surface area is 157 Å². The van der Waals surface area contributed by atoms with Crippen LogP contribution in [-0.2, 0) is 19.5 Å². The molecule has 0 atom stereocenters. The molecule has 0 saturated carbocycles. The summed E-state index contributed by atoms with van der Waals surface area (Å²) in [4.78, 5) is 15.8. The molecule has 2 aromatic rings. The number of carbonyl (C=O) groups excluding carboxylic acids is 1. The molecule has 2 aliphatic heterocycles. The quantitative estimate of drug-likeness (QED) is 0.899. The second-order valence-corrected chi connectivity index (χ2v) is 7.58. The van der Waals surface area contributed by atoms with Crippen LogP contribution in [0.3, 0.4) is 0 Å². The molecule has 0 unspecified atom stereocenters. The molecule has 0 fully saturated rings. The van der Waals surface area contributed by atoms with Gasteiger partial charge in [-0.2, -0.15) is 0 Å². The van der Waals surface area contributed by atoms with Crippen LogP contribution in [0, 0.1) is 0 Å². The number of fused-ring (bicyclic) bond motifs is 2.